The van der Waals surface area contributed by atoms with E-state index < -0.39 is 11.4 Å². The minimum Gasteiger partial charge on any atom is -0.481 e. The Hall–Kier alpha value is -2.69. The fourth-order valence-corrected chi connectivity index (χ4v) is 2.49. The van der Waals surface area contributed by atoms with Gasteiger partial charge in [-0.05, 0) is 32.0 Å². The van der Waals surface area contributed by atoms with Gasteiger partial charge in [-0.1, -0.05) is 29.1 Å². The molecule has 0 unspecified atom stereocenters. The van der Waals surface area contributed by atoms with Crippen molar-refractivity contribution in [3.63, 3.8) is 0 Å². The molecule has 0 radical (unpaired) electrons. The largest absolute Gasteiger partial charge is 1.00 e. The molecule has 27 heavy (non-hydrogen) atoms. The average Bonchev–Trinajstić information content (AvgIpc) is 2.98. The monoisotopic (exact) mass is 361 g/mol. The number of halogens is 1. The van der Waals surface area contributed by atoms with Crippen molar-refractivity contribution < 1.29 is 33.2 Å². The zero-order valence-electron chi connectivity index (χ0n) is 15.3. The Morgan fingerprint density at radius 1 is 1.30 bits per heavy atom. The van der Waals surface area contributed by atoms with Gasteiger partial charge in [0.25, 0.3) is 0 Å². The van der Waals surface area contributed by atoms with Crippen LogP contribution < -0.4 is 24.6 Å². The van der Waals surface area contributed by atoms with Crippen molar-refractivity contribution in [1.82, 2.24) is 19.5 Å². The van der Waals surface area contributed by atoms with E-state index >= 15 is 0 Å². The molecule has 134 valence electrons. The topological polar surface area (TPSA) is 107 Å². The van der Waals surface area contributed by atoms with Gasteiger partial charge >= 0.3 is 24.8 Å². The van der Waals surface area contributed by atoms with Gasteiger partial charge in [0.1, 0.15) is 5.82 Å². The molecule has 0 saturated heterocycles. The number of nitrogen functional groups attached to an aromatic ring is 1. The molecule has 9 heteroatoms. The third-order valence-corrected chi connectivity index (χ3v) is 3.94. The molecule has 2 aromatic heterocycles. The number of carboxylic acid groups (broad SMARTS) is 1. The molecule has 0 aliphatic carbocycles. The van der Waals surface area contributed by atoms with Crippen LogP contribution in [0.4, 0.5) is 10.3 Å². The Labute approximate surface area is 167 Å². The third-order valence-electron chi connectivity index (χ3n) is 3.94. The standard InChI is InChI=1S/C18H17FN5O2.Li/c1-18(2,16(25)26)9-24-10-22-14(11-3-5-12(19)6-4-11)15(24)13-7-8-21-17(20)23-13;/h3-8H,9H2,1-2H3,(H,25,26)(H2,20,21,23);/q-1;+1. The van der Waals surface area contributed by atoms with Gasteiger partial charge in [0.2, 0.25) is 5.95 Å². The fourth-order valence-electron chi connectivity index (χ4n) is 2.49. The fraction of sp³-hybridized carbons (Fsp3) is 0.222. The molecular weight excluding hydrogens is 344 g/mol. The van der Waals surface area contributed by atoms with Gasteiger partial charge in [-0.3, -0.25) is 4.79 Å². The van der Waals surface area contributed by atoms with E-state index in [2.05, 4.69) is 21.3 Å². The molecule has 7 nitrogen and oxygen atoms in total. The van der Waals surface area contributed by atoms with E-state index in [4.69, 9.17) is 5.73 Å². The second-order valence-electron chi connectivity index (χ2n) is 6.49. The van der Waals surface area contributed by atoms with Crippen LogP contribution in [-0.4, -0.2) is 30.6 Å². The summed E-state index contributed by atoms with van der Waals surface area (Å²) in [5.74, 6) is -1.23. The maximum atomic E-state index is 13.3. The summed E-state index contributed by atoms with van der Waals surface area (Å²) in [6.07, 6.45) is 4.33. The van der Waals surface area contributed by atoms with Crippen molar-refractivity contribution in [3.8, 4) is 22.6 Å². The summed E-state index contributed by atoms with van der Waals surface area (Å²) < 4.78 is 14.9. The van der Waals surface area contributed by atoms with E-state index in [1.54, 1.807) is 36.6 Å². The number of benzene rings is 1. The van der Waals surface area contributed by atoms with E-state index in [1.165, 1.54) is 18.3 Å². The van der Waals surface area contributed by atoms with E-state index in [0.29, 0.717) is 22.6 Å². The van der Waals surface area contributed by atoms with Crippen molar-refractivity contribution in [2.24, 2.45) is 5.41 Å². The Morgan fingerprint density at radius 2 is 1.96 bits per heavy atom. The number of imidazole rings is 1. The van der Waals surface area contributed by atoms with Crippen LogP contribution in [-0.2, 0) is 11.3 Å². The first kappa shape index (κ1) is 20.6. The number of carboxylic acids is 1. The predicted molar refractivity (Wildman–Crippen MR) is 93.3 cm³/mol. The summed E-state index contributed by atoms with van der Waals surface area (Å²) in [5.41, 5.74) is 6.82. The summed E-state index contributed by atoms with van der Waals surface area (Å²) >= 11 is 0. The van der Waals surface area contributed by atoms with Crippen LogP contribution in [0.1, 0.15) is 13.8 Å². The smallest absolute Gasteiger partial charge is 0.481 e. The first-order valence-electron chi connectivity index (χ1n) is 7.84. The number of aromatic nitrogens is 4. The molecule has 3 rings (SSSR count). The molecule has 3 aromatic rings. The van der Waals surface area contributed by atoms with Crippen LogP contribution in [0.2, 0.25) is 0 Å². The molecular formula is C18H17FLiN5O2. The molecule has 0 amide bonds. The van der Waals surface area contributed by atoms with Crippen LogP contribution >= 0.6 is 0 Å². The quantitative estimate of drug-likeness (QED) is 0.475. The zero-order chi connectivity index (χ0) is 18.9. The molecule has 0 bridgehead atoms. The number of aliphatic carboxylic acids is 1. The van der Waals surface area contributed by atoms with Crippen molar-refractivity contribution in [2.75, 3.05) is 5.73 Å². The van der Waals surface area contributed by atoms with E-state index in [0.717, 1.165) is 0 Å². The number of nitrogens with zero attached hydrogens (tertiary/aromatic N) is 4. The zero-order valence-corrected chi connectivity index (χ0v) is 15.3. The molecule has 0 aliphatic heterocycles. The van der Waals surface area contributed by atoms with Gasteiger partial charge in [-0.15, -0.1) is 0 Å². The van der Waals surface area contributed by atoms with Gasteiger partial charge in [-0.25, -0.2) is 14.4 Å². The summed E-state index contributed by atoms with van der Waals surface area (Å²) in [6.45, 7) is 3.34. The second-order valence-corrected chi connectivity index (χ2v) is 6.49. The summed E-state index contributed by atoms with van der Waals surface area (Å²) in [6, 6.07) is 7.48. The first-order valence-corrected chi connectivity index (χ1v) is 7.84. The Kier molecular flexibility index (Phi) is 6.04. The molecule has 3 N–H and O–H groups in total. The number of hydrogen-bond donors (Lipinski definition) is 2. The number of nitrogens with two attached hydrogens (primary N) is 1. The van der Waals surface area contributed by atoms with Gasteiger partial charge < -0.3 is 20.4 Å². The van der Waals surface area contributed by atoms with Crippen molar-refractivity contribution in [3.05, 3.63) is 48.7 Å². The molecule has 2 heterocycles. The van der Waals surface area contributed by atoms with Gasteiger partial charge in [0.05, 0.1) is 5.41 Å². The number of anilines is 1. The van der Waals surface area contributed by atoms with Crippen LogP contribution in [0, 0.1) is 17.6 Å². The van der Waals surface area contributed by atoms with Crippen molar-refractivity contribution in [1.29, 1.82) is 0 Å². The maximum Gasteiger partial charge on any atom is 1.00 e. The molecule has 0 atom stereocenters. The number of hydrogen-bond acceptors (Lipinski definition) is 5. The van der Waals surface area contributed by atoms with Crippen molar-refractivity contribution in [2.45, 2.75) is 20.4 Å². The molecule has 0 spiro atoms. The molecule has 0 saturated carbocycles. The van der Waals surface area contributed by atoms with Gasteiger partial charge in [0, 0.05) is 24.8 Å². The Bertz CT molecular complexity index is 957. The Morgan fingerprint density at radius 3 is 2.56 bits per heavy atom. The van der Waals surface area contributed by atoms with Crippen molar-refractivity contribution >= 4 is 11.9 Å². The van der Waals surface area contributed by atoms with E-state index in [9.17, 15) is 14.3 Å². The van der Waals surface area contributed by atoms with Crippen LogP contribution in [0.5, 0.6) is 0 Å². The summed E-state index contributed by atoms with van der Waals surface area (Å²) in [7, 11) is 0. The van der Waals surface area contributed by atoms with E-state index in [1.807, 2.05) is 0 Å². The molecule has 0 aliphatic rings. The molecule has 1 aromatic carbocycles. The minimum atomic E-state index is -1.05. The minimum absolute atomic E-state index is 0. The number of carbonyl (C=O) groups is 1. The first-order chi connectivity index (χ1) is 12.3. The van der Waals surface area contributed by atoms with E-state index in [-0.39, 0.29) is 37.2 Å². The third kappa shape index (κ3) is 4.35. The summed E-state index contributed by atoms with van der Waals surface area (Å²) in [4.78, 5) is 23.9. The molecule has 0 fully saturated rings. The van der Waals surface area contributed by atoms with Crippen LogP contribution in [0.25, 0.3) is 22.6 Å². The predicted octanol–water partition coefficient (Wildman–Crippen LogP) is -0.357. The maximum absolute atomic E-state index is 13.3. The van der Waals surface area contributed by atoms with Gasteiger partial charge in [0.15, 0.2) is 0 Å². The average molecular weight is 361 g/mol. The SMILES string of the molecule is CC(C)(Cn1[c-]nc(-c2ccc(F)cc2)c1-c1ccnc(N)n1)C(=O)O.[Li+]. The van der Waals surface area contributed by atoms with Crippen LogP contribution in [0.3, 0.4) is 0 Å². The Balaban J connectivity index is 0.00000261. The van der Waals surface area contributed by atoms with Crippen LogP contribution in [0.15, 0.2) is 36.5 Å². The summed E-state index contributed by atoms with van der Waals surface area (Å²) in [5, 5.41) is 9.43. The number of rotatable bonds is 5. The van der Waals surface area contributed by atoms with Gasteiger partial charge in [-0.2, -0.15) is 0 Å². The normalized spacial score (nSPS) is 11.1. The second kappa shape index (κ2) is 7.90.